The Labute approximate surface area is 175 Å². The monoisotopic (exact) mass is 404 g/mol. The van der Waals surface area contributed by atoms with E-state index in [0.29, 0.717) is 19.3 Å². The second kappa shape index (κ2) is 7.69. The average molecular weight is 404 g/mol. The summed E-state index contributed by atoms with van der Waals surface area (Å²) in [5, 5.41) is 18.8. The molecule has 5 rings (SSSR count). The third-order valence-electron chi connectivity index (χ3n) is 6.24. The van der Waals surface area contributed by atoms with Crippen LogP contribution < -0.4 is 9.91 Å². The first kappa shape index (κ1) is 19.0. The smallest absolute Gasteiger partial charge is 0.129 e. The summed E-state index contributed by atoms with van der Waals surface area (Å²) < 4.78 is 13.3. The van der Waals surface area contributed by atoms with Crippen LogP contribution in [0.2, 0.25) is 0 Å². The number of aromatic nitrogens is 1. The molecule has 154 valence electrons. The zero-order chi connectivity index (χ0) is 20.6. The maximum Gasteiger partial charge on any atom is 0.129 e. The van der Waals surface area contributed by atoms with E-state index in [-0.39, 0.29) is 11.9 Å². The molecule has 1 aromatic heterocycles. The fourth-order valence-electron chi connectivity index (χ4n) is 4.52. The number of hydrogen-bond donors (Lipinski definition) is 1. The van der Waals surface area contributed by atoms with Gasteiger partial charge in [-0.2, -0.15) is 5.10 Å². The lowest BCUT2D eigenvalue weighted by molar-refractivity contribution is 0.00254. The highest BCUT2D eigenvalue weighted by atomic mass is 19.1. The van der Waals surface area contributed by atoms with Crippen LogP contribution in [0.5, 0.6) is 0 Å². The minimum absolute atomic E-state index is 0.0887. The molecule has 2 aliphatic heterocycles. The van der Waals surface area contributed by atoms with Crippen molar-refractivity contribution in [1.29, 1.82) is 0 Å². The second-order valence-corrected chi connectivity index (χ2v) is 8.29. The van der Waals surface area contributed by atoms with E-state index in [1.165, 1.54) is 12.1 Å². The SMILES string of the molecule is OC1(CC2CC=NN2c2ccc(F)cc2)CCN(c2ccc3ccccc3n2)CC1. The lowest BCUT2D eigenvalue weighted by atomic mass is 9.84. The molecular weight excluding hydrogens is 379 g/mol. The van der Waals surface area contributed by atoms with Crippen LogP contribution in [0.3, 0.4) is 0 Å². The van der Waals surface area contributed by atoms with Crippen molar-refractivity contribution in [2.75, 3.05) is 23.0 Å². The van der Waals surface area contributed by atoms with Gasteiger partial charge < -0.3 is 10.0 Å². The van der Waals surface area contributed by atoms with Gasteiger partial charge in [-0.3, -0.25) is 5.01 Å². The lowest BCUT2D eigenvalue weighted by Crippen LogP contribution is -2.48. The molecule has 1 atom stereocenters. The number of aliphatic hydroxyl groups is 1. The number of hydrazone groups is 1. The summed E-state index contributed by atoms with van der Waals surface area (Å²) in [5.41, 5.74) is 1.12. The Balaban J connectivity index is 1.25. The van der Waals surface area contributed by atoms with Gasteiger partial charge in [0.1, 0.15) is 11.6 Å². The van der Waals surface area contributed by atoms with Gasteiger partial charge in [0.25, 0.3) is 0 Å². The number of pyridine rings is 1. The molecule has 2 aliphatic rings. The lowest BCUT2D eigenvalue weighted by Gasteiger charge is -2.41. The normalized spacial score (nSPS) is 20.8. The molecule has 3 aromatic rings. The Kier molecular flexibility index (Phi) is 4.87. The Bertz CT molecular complexity index is 1060. The van der Waals surface area contributed by atoms with Crippen molar-refractivity contribution in [2.45, 2.75) is 37.3 Å². The van der Waals surface area contributed by atoms with E-state index in [2.05, 4.69) is 28.2 Å². The van der Waals surface area contributed by atoms with E-state index in [9.17, 15) is 9.50 Å². The number of piperidine rings is 1. The summed E-state index contributed by atoms with van der Waals surface area (Å²) in [6.07, 6.45) is 4.69. The van der Waals surface area contributed by atoms with Gasteiger partial charge in [0.2, 0.25) is 0 Å². The fraction of sp³-hybridized carbons (Fsp3) is 0.333. The van der Waals surface area contributed by atoms with Gasteiger partial charge in [-0.25, -0.2) is 9.37 Å². The van der Waals surface area contributed by atoms with Gasteiger partial charge in [0, 0.05) is 31.1 Å². The number of nitrogens with zero attached hydrogens (tertiary/aromatic N) is 4. The van der Waals surface area contributed by atoms with Crippen molar-refractivity contribution < 1.29 is 9.50 Å². The average Bonchev–Trinajstić information content (AvgIpc) is 3.22. The molecule has 1 fully saturated rings. The maximum atomic E-state index is 13.3. The number of para-hydroxylation sites is 1. The Hall–Kier alpha value is -2.99. The number of rotatable bonds is 4. The molecule has 1 unspecified atom stereocenters. The third-order valence-corrected chi connectivity index (χ3v) is 6.24. The highest BCUT2D eigenvalue weighted by Crippen LogP contribution is 2.34. The zero-order valence-electron chi connectivity index (χ0n) is 16.8. The largest absolute Gasteiger partial charge is 0.390 e. The summed E-state index contributed by atoms with van der Waals surface area (Å²) in [7, 11) is 0. The minimum atomic E-state index is -0.732. The second-order valence-electron chi connectivity index (χ2n) is 8.29. The van der Waals surface area contributed by atoms with Crippen LogP contribution in [0, 0.1) is 5.82 Å². The van der Waals surface area contributed by atoms with E-state index in [4.69, 9.17) is 4.98 Å². The van der Waals surface area contributed by atoms with Gasteiger partial charge in [0.15, 0.2) is 0 Å². The molecule has 30 heavy (non-hydrogen) atoms. The molecule has 6 heteroatoms. The first-order valence-corrected chi connectivity index (χ1v) is 10.5. The van der Waals surface area contributed by atoms with Gasteiger partial charge in [-0.05, 0) is 61.7 Å². The van der Waals surface area contributed by atoms with E-state index >= 15 is 0 Å². The van der Waals surface area contributed by atoms with Crippen LogP contribution in [0.4, 0.5) is 15.9 Å². The van der Waals surface area contributed by atoms with Gasteiger partial charge >= 0.3 is 0 Å². The molecule has 2 aromatic carbocycles. The fourth-order valence-corrected chi connectivity index (χ4v) is 4.52. The molecular formula is C24H25FN4O. The van der Waals surface area contributed by atoms with Crippen molar-refractivity contribution in [3.8, 4) is 0 Å². The van der Waals surface area contributed by atoms with Crippen LogP contribution in [0.25, 0.3) is 10.9 Å². The molecule has 3 heterocycles. The summed E-state index contributed by atoms with van der Waals surface area (Å²) in [6.45, 7) is 1.54. The maximum absolute atomic E-state index is 13.3. The van der Waals surface area contributed by atoms with Crippen molar-refractivity contribution in [3.05, 3.63) is 66.5 Å². The Morgan fingerprint density at radius 3 is 2.57 bits per heavy atom. The standard InChI is InChI=1S/C24H25FN4O/c25-19-6-8-20(9-7-19)29-21(11-14-26-29)17-24(30)12-15-28(16-13-24)23-10-5-18-3-1-2-4-22(18)27-23/h1-10,14,21,30H,11-13,15-17H2. The number of fused-ring (bicyclic) bond motifs is 1. The number of halogens is 1. The molecule has 1 N–H and O–H groups in total. The van der Waals surface area contributed by atoms with E-state index in [0.717, 1.165) is 41.9 Å². The Morgan fingerprint density at radius 1 is 1.00 bits per heavy atom. The van der Waals surface area contributed by atoms with Gasteiger partial charge in [-0.1, -0.05) is 18.2 Å². The van der Waals surface area contributed by atoms with Crippen LogP contribution in [0.1, 0.15) is 25.7 Å². The topological polar surface area (TPSA) is 52.0 Å². The summed E-state index contributed by atoms with van der Waals surface area (Å²) in [4.78, 5) is 7.05. The predicted octanol–water partition coefficient (Wildman–Crippen LogP) is 4.36. The van der Waals surface area contributed by atoms with E-state index in [1.54, 1.807) is 12.1 Å². The molecule has 0 saturated carbocycles. The summed E-state index contributed by atoms with van der Waals surface area (Å²) in [5.74, 6) is 0.708. The first-order valence-electron chi connectivity index (χ1n) is 10.5. The first-order chi connectivity index (χ1) is 14.6. The van der Waals surface area contributed by atoms with Crippen molar-refractivity contribution in [2.24, 2.45) is 5.10 Å². The molecule has 5 nitrogen and oxygen atoms in total. The molecule has 0 bridgehead atoms. The van der Waals surface area contributed by atoms with Crippen LogP contribution in [0.15, 0.2) is 65.8 Å². The number of hydrogen-bond acceptors (Lipinski definition) is 5. The molecule has 1 saturated heterocycles. The predicted molar refractivity (Wildman–Crippen MR) is 119 cm³/mol. The molecule has 0 amide bonds. The van der Waals surface area contributed by atoms with Crippen LogP contribution in [-0.4, -0.2) is 41.0 Å². The summed E-state index contributed by atoms with van der Waals surface area (Å²) >= 11 is 0. The van der Waals surface area contributed by atoms with Crippen LogP contribution in [-0.2, 0) is 0 Å². The van der Waals surface area contributed by atoms with Gasteiger partial charge in [0.05, 0.1) is 22.8 Å². The van der Waals surface area contributed by atoms with Crippen molar-refractivity contribution >= 4 is 28.6 Å². The minimum Gasteiger partial charge on any atom is -0.390 e. The molecule has 0 aliphatic carbocycles. The van der Waals surface area contributed by atoms with Gasteiger partial charge in [-0.15, -0.1) is 0 Å². The summed E-state index contributed by atoms with van der Waals surface area (Å²) in [6, 6.07) is 18.8. The molecule has 0 spiro atoms. The van der Waals surface area contributed by atoms with Crippen molar-refractivity contribution in [3.63, 3.8) is 0 Å². The van der Waals surface area contributed by atoms with Crippen molar-refractivity contribution in [1.82, 2.24) is 4.98 Å². The number of anilines is 2. The zero-order valence-corrected chi connectivity index (χ0v) is 16.8. The van der Waals surface area contributed by atoms with Crippen LogP contribution >= 0.6 is 0 Å². The van der Waals surface area contributed by atoms with E-state index in [1.807, 2.05) is 29.4 Å². The Morgan fingerprint density at radius 2 is 1.77 bits per heavy atom. The van der Waals surface area contributed by atoms with E-state index < -0.39 is 5.60 Å². The highest BCUT2D eigenvalue weighted by Gasteiger charge is 2.37. The third kappa shape index (κ3) is 3.75. The highest BCUT2D eigenvalue weighted by molar-refractivity contribution is 5.80. The number of benzene rings is 2. The quantitative estimate of drug-likeness (QED) is 0.702. The molecule has 0 radical (unpaired) electrons.